The summed E-state index contributed by atoms with van der Waals surface area (Å²) >= 11 is 0. The first-order valence-electron chi connectivity index (χ1n) is 2.27. The monoisotopic (exact) mass is 143 g/mol. The Morgan fingerprint density at radius 1 is 1.78 bits per heavy atom. The van der Waals surface area contributed by atoms with E-state index in [-0.39, 0.29) is 13.5 Å². The molecule has 0 rings (SSSR count). The van der Waals surface area contributed by atoms with E-state index in [0.29, 0.717) is 0 Å². The molecular weight excluding hydrogens is 137 g/mol. The van der Waals surface area contributed by atoms with Crippen LogP contribution in [0.1, 0.15) is 6.92 Å². The van der Waals surface area contributed by atoms with E-state index in [1.54, 1.807) is 6.92 Å². The second-order valence-electron chi connectivity index (χ2n) is 1.27. The first-order valence-corrected chi connectivity index (χ1v) is 3.08. The summed E-state index contributed by atoms with van der Waals surface area (Å²) in [5, 5.41) is 0. The quantitative estimate of drug-likeness (QED) is 0.433. The molecule has 0 saturated carbocycles. The van der Waals surface area contributed by atoms with Crippen molar-refractivity contribution in [3.05, 3.63) is 11.6 Å². The van der Waals surface area contributed by atoms with Gasteiger partial charge in [-0.3, -0.25) is 0 Å². The number of hydrogen-bond acceptors (Lipinski definition) is 2. The molecule has 0 aliphatic rings. The van der Waals surface area contributed by atoms with Crippen LogP contribution in [0.3, 0.4) is 0 Å². The second kappa shape index (κ2) is 4.13. The van der Waals surface area contributed by atoms with Crippen molar-refractivity contribution in [1.82, 2.24) is 0 Å². The van der Waals surface area contributed by atoms with E-state index >= 15 is 0 Å². The van der Waals surface area contributed by atoms with Gasteiger partial charge in [-0.05, 0) is 0 Å². The molecule has 0 saturated heterocycles. The molecule has 0 spiro atoms. The van der Waals surface area contributed by atoms with Crippen LogP contribution in [0.25, 0.3) is 0 Å². The zero-order valence-electron chi connectivity index (χ0n) is 4.92. The van der Waals surface area contributed by atoms with Gasteiger partial charge in [-0.1, -0.05) is 0 Å². The van der Waals surface area contributed by atoms with Crippen LogP contribution in [0, 0.1) is 5.63 Å². The predicted octanol–water partition coefficient (Wildman–Crippen LogP) is 0.669. The van der Waals surface area contributed by atoms with Crippen LogP contribution >= 0.6 is 7.92 Å². The summed E-state index contributed by atoms with van der Waals surface area (Å²) in [7, 11) is -0.319. The minimum absolute atomic E-state index is 0.159. The Kier molecular flexibility index (Phi) is 3.78. The summed E-state index contributed by atoms with van der Waals surface area (Å²) in [5.41, 5.74) is 7.21. The molecule has 0 aliphatic heterocycles. The maximum absolute atomic E-state index is 10.3. The second-order valence-corrected chi connectivity index (χ2v) is 1.68. The van der Waals surface area contributed by atoms with E-state index in [4.69, 9.17) is 5.73 Å². The molecule has 0 unspecified atom stereocenters. The molecule has 4 heteroatoms. The van der Waals surface area contributed by atoms with Crippen LogP contribution in [-0.4, -0.2) is 5.91 Å². The van der Waals surface area contributed by atoms with Crippen molar-refractivity contribution in [2.75, 3.05) is 0 Å². The van der Waals surface area contributed by atoms with E-state index in [0.717, 1.165) is 0 Å². The molecule has 3 nitrogen and oxygen atoms in total. The summed E-state index contributed by atoms with van der Waals surface area (Å²) in [5.74, 6) is -0.610. The van der Waals surface area contributed by atoms with Gasteiger partial charge < -0.3 is 0 Å². The van der Waals surface area contributed by atoms with Gasteiger partial charge in [-0.2, -0.15) is 0 Å². The minimum atomic E-state index is -0.610. The van der Waals surface area contributed by atoms with Crippen molar-refractivity contribution in [3.63, 3.8) is 0 Å². The fraction of sp³-hybridized carbons (Fsp3) is 0.200. The Morgan fingerprint density at radius 3 is 2.44 bits per heavy atom. The zero-order valence-corrected chi connectivity index (χ0v) is 5.81. The van der Waals surface area contributed by atoms with Crippen LogP contribution in [0.4, 0.5) is 0 Å². The zero-order chi connectivity index (χ0) is 7.28. The Bertz CT molecular complexity index is 237. The third-order valence-corrected chi connectivity index (χ3v) is 1.05. The van der Waals surface area contributed by atoms with Gasteiger partial charge in [0, 0.05) is 0 Å². The van der Waals surface area contributed by atoms with Crippen LogP contribution in [0.15, 0.2) is 11.6 Å². The van der Waals surface area contributed by atoms with Gasteiger partial charge in [-0.25, -0.2) is 0 Å². The molecule has 0 atom stereocenters. The number of amides is 1. The summed E-state index contributed by atoms with van der Waals surface area (Å²) in [6.45, 7) is 1.62. The SMILES string of the molecule is CC=C(C#P=O)C(N)=O. The first-order chi connectivity index (χ1) is 4.22. The van der Waals surface area contributed by atoms with E-state index in [1.807, 2.05) is 0 Å². The number of carbonyl (C=O) groups excluding carboxylic acids is 1. The molecule has 0 radical (unpaired) electrons. The van der Waals surface area contributed by atoms with E-state index in [9.17, 15) is 9.36 Å². The summed E-state index contributed by atoms with van der Waals surface area (Å²) in [4.78, 5) is 10.3. The van der Waals surface area contributed by atoms with Crippen molar-refractivity contribution in [3.8, 4) is 5.63 Å². The number of primary amides is 1. The number of rotatable bonds is 1. The predicted molar refractivity (Wildman–Crippen MR) is 34.4 cm³/mol. The molecule has 48 valence electrons. The molecule has 0 fully saturated rings. The third-order valence-electron chi connectivity index (χ3n) is 0.720. The van der Waals surface area contributed by atoms with Crippen LogP contribution in [-0.2, 0) is 9.36 Å². The molecule has 0 aromatic heterocycles. The van der Waals surface area contributed by atoms with Gasteiger partial charge in [0.05, 0.1) is 0 Å². The molecule has 0 aliphatic carbocycles. The van der Waals surface area contributed by atoms with Crippen molar-refractivity contribution in [2.24, 2.45) is 5.73 Å². The fourth-order valence-electron chi connectivity index (χ4n) is 0.311. The summed E-state index contributed by atoms with van der Waals surface area (Å²) in [6.07, 6.45) is 1.45. The van der Waals surface area contributed by atoms with Crippen LogP contribution in [0.2, 0.25) is 0 Å². The summed E-state index contributed by atoms with van der Waals surface area (Å²) in [6, 6.07) is 0. The molecule has 0 bridgehead atoms. The number of nitrogens with two attached hydrogens (primary N) is 1. The average Bonchev–Trinajstić information content (AvgIpc) is 1.82. The van der Waals surface area contributed by atoms with Gasteiger partial charge in [0.15, 0.2) is 0 Å². The average molecular weight is 143 g/mol. The Morgan fingerprint density at radius 2 is 2.33 bits per heavy atom. The molecule has 1 amide bonds. The Balaban J connectivity index is 4.51. The maximum atomic E-state index is 10.3. The third kappa shape index (κ3) is 2.91. The van der Waals surface area contributed by atoms with E-state index in [1.165, 1.54) is 6.08 Å². The normalized spacial score (nSPS) is 10.1. The topological polar surface area (TPSA) is 60.2 Å². The van der Waals surface area contributed by atoms with Crippen LogP contribution < -0.4 is 5.73 Å². The van der Waals surface area contributed by atoms with Crippen LogP contribution in [0.5, 0.6) is 0 Å². The number of allylic oxidation sites excluding steroid dienone is 1. The van der Waals surface area contributed by atoms with Crippen molar-refractivity contribution >= 4 is 13.8 Å². The Hall–Kier alpha value is -0.780. The summed E-state index contributed by atoms with van der Waals surface area (Å²) < 4.78 is 9.82. The molecule has 0 aromatic carbocycles. The van der Waals surface area contributed by atoms with Gasteiger partial charge >= 0.3 is 53.1 Å². The van der Waals surface area contributed by atoms with Gasteiger partial charge in [0.25, 0.3) is 0 Å². The molecular formula is C5H6NO2P. The molecule has 2 N–H and O–H groups in total. The molecule has 0 aromatic rings. The first kappa shape index (κ1) is 8.22. The van der Waals surface area contributed by atoms with Crippen molar-refractivity contribution < 1.29 is 9.36 Å². The Labute approximate surface area is 54.1 Å². The van der Waals surface area contributed by atoms with Gasteiger partial charge in [0.1, 0.15) is 0 Å². The van der Waals surface area contributed by atoms with Crippen molar-refractivity contribution in [2.45, 2.75) is 6.92 Å². The van der Waals surface area contributed by atoms with Gasteiger partial charge in [-0.15, -0.1) is 0 Å². The van der Waals surface area contributed by atoms with E-state index in [2.05, 4.69) is 5.63 Å². The van der Waals surface area contributed by atoms with E-state index < -0.39 is 5.91 Å². The van der Waals surface area contributed by atoms with Crippen molar-refractivity contribution in [1.29, 1.82) is 0 Å². The fourth-order valence-corrected chi connectivity index (χ4v) is 0.649. The number of hydrogen-bond donors (Lipinski definition) is 1. The van der Waals surface area contributed by atoms with Gasteiger partial charge in [0.2, 0.25) is 0 Å². The number of carbonyl (C=O) groups is 1. The molecule has 0 heterocycles. The standard InChI is InChI=1S/C5H6NO2P/c1-2-4(3-9-8)5(6)7/h2H,1H3,(H2,6,7). The molecule has 9 heavy (non-hydrogen) atoms.